The van der Waals surface area contributed by atoms with Gasteiger partial charge < -0.3 is 14.2 Å². The van der Waals surface area contributed by atoms with E-state index < -0.39 is 6.10 Å². The molecule has 1 unspecified atom stereocenters. The molecule has 0 aromatic carbocycles. The van der Waals surface area contributed by atoms with Crippen LogP contribution < -0.4 is 0 Å². The van der Waals surface area contributed by atoms with E-state index in [0.717, 1.165) is 96.3 Å². The van der Waals surface area contributed by atoms with Gasteiger partial charge in [-0.25, -0.2) is 0 Å². The number of allylic oxidation sites excluding steroid dienone is 10. The monoisotopic (exact) mass is 881 g/mol. The highest BCUT2D eigenvalue weighted by molar-refractivity contribution is 5.71. The van der Waals surface area contributed by atoms with Crippen LogP contribution in [0.1, 0.15) is 265 Å². The smallest absolute Gasteiger partial charge is 0.306 e. The van der Waals surface area contributed by atoms with Gasteiger partial charge in [-0.05, 0) is 89.9 Å². The third-order valence-corrected chi connectivity index (χ3v) is 11.5. The van der Waals surface area contributed by atoms with E-state index in [1.54, 1.807) is 0 Å². The van der Waals surface area contributed by atoms with Gasteiger partial charge in [-0.1, -0.05) is 216 Å². The minimum absolute atomic E-state index is 0.0892. The number of carbonyl (C=O) groups is 3. The normalized spacial score (nSPS) is 12.5. The molecule has 0 heterocycles. The molecule has 364 valence electrons. The van der Waals surface area contributed by atoms with E-state index in [2.05, 4.69) is 81.5 Å². The van der Waals surface area contributed by atoms with Gasteiger partial charge in [0.1, 0.15) is 13.2 Å². The summed E-state index contributed by atoms with van der Waals surface area (Å²) in [6.07, 6.45) is 63.5. The molecule has 0 aromatic heterocycles. The van der Waals surface area contributed by atoms with Gasteiger partial charge in [-0.15, -0.1) is 0 Å². The second-order valence-corrected chi connectivity index (χ2v) is 17.8. The zero-order valence-electron chi connectivity index (χ0n) is 41.6. The Morgan fingerprint density at radius 3 is 1.02 bits per heavy atom. The quantitative estimate of drug-likeness (QED) is 0.0199. The Morgan fingerprint density at radius 2 is 0.635 bits per heavy atom. The van der Waals surface area contributed by atoms with Crippen LogP contribution in [0.15, 0.2) is 60.8 Å². The van der Waals surface area contributed by atoms with Crippen LogP contribution in [0.25, 0.3) is 0 Å². The summed E-state index contributed by atoms with van der Waals surface area (Å²) in [6, 6.07) is 0. The molecule has 0 amide bonds. The molecule has 1 atom stereocenters. The summed E-state index contributed by atoms with van der Waals surface area (Å²) < 4.78 is 16.8. The Kier molecular flexibility index (Phi) is 49.4. The first-order chi connectivity index (χ1) is 31.0. The summed E-state index contributed by atoms with van der Waals surface area (Å²) in [7, 11) is 0. The molecule has 6 nitrogen and oxygen atoms in total. The van der Waals surface area contributed by atoms with Crippen LogP contribution in [0.5, 0.6) is 0 Å². The highest BCUT2D eigenvalue weighted by Crippen LogP contribution is 2.15. The van der Waals surface area contributed by atoms with Crippen molar-refractivity contribution in [3.8, 4) is 0 Å². The molecular weight excluding hydrogens is 781 g/mol. The van der Waals surface area contributed by atoms with E-state index in [-0.39, 0.29) is 31.1 Å². The predicted molar refractivity (Wildman–Crippen MR) is 270 cm³/mol. The highest BCUT2D eigenvalue weighted by Gasteiger charge is 2.19. The van der Waals surface area contributed by atoms with Crippen molar-refractivity contribution in [2.24, 2.45) is 0 Å². The Hall–Kier alpha value is -2.89. The number of unbranched alkanes of at least 4 members (excludes halogenated alkanes) is 29. The largest absolute Gasteiger partial charge is 0.462 e. The average Bonchev–Trinajstić information content (AvgIpc) is 3.28. The third-order valence-electron chi connectivity index (χ3n) is 11.5. The van der Waals surface area contributed by atoms with Crippen LogP contribution in [0, 0.1) is 0 Å². The summed E-state index contributed by atoms with van der Waals surface area (Å²) >= 11 is 0. The molecule has 0 aromatic rings. The van der Waals surface area contributed by atoms with Crippen molar-refractivity contribution >= 4 is 17.9 Å². The molecule has 6 heteroatoms. The lowest BCUT2D eigenvalue weighted by Crippen LogP contribution is -2.30. The van der Waals surface area contributed by atoms with Crippen LogP contribution in [0.3, 0.4) is 0 Å². The number of esters is 3. The van der Waals surface area contributed by atoms with Crippen molar-refractivity contribution in [1.82, 2.24) is 0 Å². The average molecular weight is 881 g/mol. The first-order valence-corrected chi connectivity index (χ1v) is 26.8. The van der Waals surface area contributed by atoms with Gasteiger partial charge in [-0.2, -0.15) is 0 Å². The molecule has 0 bridgehead atoms. The van der Waals surface area contributed by atoms with Crippen molar-refractivity contribution in [1.29, 1.82) is 0 Å². The Labute approximate surface area is 390 Å². The fourth-order valence-electron chi connectivity index (χ4n) is 7.49. The summed E-state index contributed by atoms with van der Waals surface area (Å²) in [5, 5.41) is 0. The van der Waals surface area contributed by atoms with Gasteiger partial charge in [0, 0.05) is 19.3 Å². The molecule has 0 radical (unpaired) electrons. The molecule has 0 aliphatic carbocycles. The SMILES string of the molecule is CC/C=C/C=C/C=C/CCCCCCCC(=O)OC(COC(=O)CCCCC/C=C/CCCCCCCC)COC(=O)CCCCCCCCC/C=C/CCCCCCCCCC. The van der Waals surface area contributed by atoms with Crippen molar-refractivity contribution in [3.63, 3.8) is 0 Å². The molecule has 0 spiro atoms. The fraction of sp³-hybridized carbons (Fsp3) is 0.772. The summed E-state index contributed by atoms with van der Waals surface area (Å²) in [4.78, 5) is 38.0. The van der Waals surface area contributed by atoms with Crippen LogP contribution in [-0.4, -0.2) is 37.2 Å². The van der Waals surface area contributed by atoms with Gasteiger partial charge in [0.15, 0.2) is 6.10 Å². The van der Waals surface area contributed by atoms with Gasteiger partial charge in [0.25, 0.3) is 0 Å². The van der Waals surface area contributed by atoms with Gasteiger partial charge in [0.05, 0.1) is 0 Å². The topological polar surface area (TPSA) is 78.9 Å². The number of ether oxygens (including phenoxy) is 3. The fourth-order valence-corrected chi connectivity index (χ4v) is 7.49. The second kappa shape index (κ2) is 51.7. The predicted octanol–water partition coefficient (Wildman–Crippen LogP) is 17.6. The van der Waals surface area contributed by atoms with Crippen LogP contribution in [0.4, 0.5) is 0 Å². The van der Waals surface area contributed by atoms with Gasteiger partial charge in [0.2, 0.25) is 0 Å². The maximum absolute atomic E-state index is 12.8. The number of carbonyl (C=O) groups excluding carboxylic acids is 3. The highest BCUT2D eigenvalue weighted by atomic mass is 16.6. The van der Waals surface area contributed by atoms with E-state index >= 15 is 0 Å². The first-order valence-electron chi connectivity index (χ1n) is 26.8. The molecular formula is C57H100O6. The summed E-state index contributed by atoms with van der Waals surface area (Å²) in [6.45, 7) is 6.47. The first kappa shape index (κ1) is 60.1. The van der Waals surface area contributed by atoms with Crippen molar-refractivity contribution < 1.29 is 28.6 Å². The van der Waals surface area contributed by atoms with Crippen LogP contribution in [0.2, 0.25) is 0 Å². The number of rotatable bonds is 48. The number of hydrogen-bond donors (Lipinski definition) is 0. The maximum atomic E-state index is 12.8. The lowest BCUT2D eigenvalue weighted by Gasteiger charge is -2.18. The zero-order chi connectivity index (χ0) is 45.8. The van der Waals surface area contributed by atoms with E-state index in [0.29, 0.717) is 19.3 Å². The van der Waals surface area contributed by atoms with Crippen molar-refractivity contribution in [2.75, 3.05) is 13.2 Å². The van der Waals surface area contributed by atoms with E-state index in [1.807, 2.05) is 0 Å². The van der Waals surface area contributed by atoms with Crippen LogP contribution >= 0.6 is 0 Å². The summed E-state index contributed by atoms with van der Waals surface area (Å²) in [5.41, 5.74) is 0. The second-order valence-electron chi connectivity index (χ2n) is 17.8. The van der Waals surface area contributed by atoms with Crippen molar-refractivity contribution in [3.05, 3.63) is 60.8 Å². The third kappa shape index (κ3) is 50.0. The van der Waals surface area contributed by atoms with Gasteiger partial charge >= 0.3 is 17.9 Å². The minimum atomic E-state index is -0.791. The molecule has 0 aliphatic heterocycles. The number of hydrogen-bond acceptors (Lipinski definition) is 6. The summed E-state index contributed by atoms with van der Waals surface area (Å²) in [5.74, 6) is -0.926. The molecule has 0 aliphatic rings. The van der Waals surface area contributed by atoms with Crippen LogP contribution in [-0.2, 0) is 28.6 Å². The molecule has 0 saturated heterocycles. The molecule has 63 heavy (non-hydrogen) atoms. The van der Waals surface area contributed by atoms with E-state index in [1.165, 1.54) is 128 Å². The lowest BCUT2D eigenvalue weighted by molar-refractivity contribution is -0.167. The Balaban J connectivity index is 4.37. The minimum Gasteiger partial charge on any atom is -0.462 e. The molecule has 0 rings (SSSR count). The standard InChI is InChI=1S/C57H100O6/c1-4-7-10-13-16-19-22-25-26-27-28-29-30-33-35-38-41-44-47-50-56(59)62-53-54(63-57(60)51-48-45-42-39-36-32-24-21-18-15-12-9-6-3)52-61-55(58)49-46-43-40-37-34-31-23-20-17-14-11-8-5-2/h9,12,15,18,21,24,27-28,31,34,54H,4-8,10-11,13-14,16-17,19-20,22-23,25-26,29-30,32-33,35-53H2,1-3H3/b12-9+,18-15+,24-21+,28-27+,34-31+. The Bertz CT molecular complexity index is 1150. The molecule has 0 N–H and O–H groups in total. The Morgan fingerprint density at radius 1 is 0.333 bits per heavy atom. The van der Waals surface area contributed by atoms with E-state index in [4.69, 9.17) is 14.2 Å². The van der Waals surface area contributed by atoms with Gasteiger partial charge in [-0.3, -0.25) is 14.4 Å². The van der Waals surface area contributed by atoms with E-state index in [9.17, 15) is 14.4 Å². The molecule has 0 fully saturated rings. The van der Waals surface area contributed by atoms with Crippen molar-refractivity contribution in [2.45, 2.75) is 271 Å². The maximum Gasteiger partial charge on any atom is 0.306 e. The zero-order valence-corrected chi connectivity index (χ0v) is 41.6. The lowest BCUT2D eigenvalue weighted by atomic mass is 10.1. The molecule has 0 saturated carbocycles.